The maximum atomic E-state index is 10.6. The first kappa shape index (κ1) is 15.2. The van der Waals surface area contributed by atoms with Crippen LogP contribution in [0, 0.1) is 10.1 Å². The van der Waals surface area contributed by atoms with Gasteiger partial charge in [0.15, 0.2) is 0 Å². The number of non-ortho nitro benzene ring substituents is 1. The van der Waals surface area contributed by atoms with Gasteiger partial charge in [0.05, 0.1) is 16.3 Å². The number of hydrogen-bond donors (Lipinski definition) is 1. The summed E-state index contributed by atoms with van der Waals surface area (Å²) in [5.74, 6) is 0. The molecule has 112 valence electrons. The van der Waals surface area contributed by atoms with Gasteiger partial charge in [0.2, 0.25) is 0 Å². The number of nitro groups is 1. The summed E-state index contributed by atoms with van der Waals surface area (Å²) in [4.78, 5) is 10.2. The Morgan fingerprint density at radius 2 is 1.95 bits per heavy atom. The maximum absolute atomic E-state index is 10.6. The van der Waals surface area contributed by atoms with Crippen LogP contribution in [0.5, 0.6) is 0 Å². The van der Waals surface area contributed by atoms with Crippen LogP contribution in [-0.4, -0.2) is 14.7 Å². The number of benzene rings is 1. The fraction of sp³-hybridized carbons (Fsp3) is 0.400. The molecule has 1 aromatic carbocycles. The van der Waals surface area contributed by atoms with E-state index in [1.165, 1.54) is 12.1 Å². The fourth-order valence-electron chi connectivity index (χ4n) is 2.17. The van der Waals surface area contributed by atoms with Crippen LogP contribution in [-0.2, 0) is 26.1 Å². The van der Waals surface area contributed by atoms with Crippen LogP contribution in [0.3, 0.4) is 0 Å². The number of aryl methyl sites for hydroxylation is 2. The van der Waals surface area contributed by atoms with Crippen LogP contribution < -0.4 is 5.32 Å². The molecule has 1 heterocycles. The molecular weight excluding hydrogens is 268 g/mol. The Kier molecular flexibility index (Phi) is 5.05. The molecule has 6 heteroatoms. The van der Waals surface area contributed by atoms with E-state index in [2.05, 4.69) is 30.3 Å². The van der Waals surface area contributed by atoms with E-state index in [4.69, 9.17) is 0 Å². The van der Waals surface area contributed by atoms with Crippen molar-refractivity contribution >= 4 is 5.69 Å². The van der Waals surface area contributed by atoms with Gasteiger partial charge >= 0.3 is 0 Å². The normalized spacial score (nSPS) is 10.8. The van der Waals surface area contributed by atoms with Gasteiger partial charge in [-0.05, 0) is 25.0 Å². The molecule has 0 amide bonds. The van der Waals surface area contributed by atoms with E-state index in [0.29, 0.717) is 6.54 Å². The van der Waals surface area contributed by atoms with E-state index in [0.717, 1.165) is 36.5 Å². The summed E-state index contributed by atoms with van der Waals surface area (Å²) in [5.41, 5.74) is 3.41. The SMILES string of the molecule is CCc1cc(CNCc2ccc([N+](=O)[O-])cc2)n(CC)n1. The average Bonchev–Trinajstić information content (AvgIpc) is 2.90. The fourth-order valence-corrected chi connectivity index (χ4v) is 2.17. The summed E-state index contributed by atoms with van der Waals surface area (Å²) in [6.07, 6.45) is 0.933. The summed E-state index contributed by atoms with van der Waals surface area (Å²) in [5, 5.41) is 18.4. The first-order valence-corrected chi connectivity index (χ1v) is 7.13. The van der Waals surface area contributed by atoms with Crippen molar-refractivity contribution in [2.75, 3.05) is 0 Å². The monoisotopic (exact) mass is 288 g/mol. The Labute approximate surface area is 123 Å². The van der Waals surface area contributed by atoms with Gasteiger partial charge < -0.3 is 5.32 Å². The Morgan fingerprint density at radius 3 is 2.52 bits per heavy atom. The highest BCUT2D eigenvalue weighted by atomic mass is 16.6. The van der Waals surface area contributed by atoms with Gasteiger partial charge in [-0.25, -0.2) is 0 Å². The summed E-state index contributed by atoms with van der Waals surface area (Å²) in [7, 11) is 0. The number of nitro benzene ring substituents is 1. The molecule has 0 fully saturated rings. The second kappa shape index (κ2) is 6.99. The first-order chi connectivity index (χ1) is 10.1. The molecule has 0 aliphatic rings. The van der Waals surface area contributed by atoms with Crippen molar-refractivity contribution in [1.29, 1.82) is 0 Å². The van der Waals surface area contributed by atoms with E-state index in [9.17, 15) is 10.1 Å². The van der Waals surface area contributed by atoms with Crippen molar-refractivity contribution in [3.8, 4) is 0 Å². The number of nitrogens with one attached hydrogen (secondary N) is 1. The Balaban J connectivity index is 1.92. The topological polar surface area (TPSA) is 73.0 Å². The van der Waals surface area contributed by atoms with Crippen LogP contribution in [0.2, 0.25) is 0 Å². The molecule has 0 radical (unpaired) electrons. The lowest BCUT2D eigenvalue weighted by Gasteiger charge is -2.06. The lowest BCUT2D eigenvalue weighted by Crippen LogP contribution is -2.16. The lowest BCUT2D eigenvalue weighted by molar-refractivity contribution is -0.384. The molecule has 1 aromatic heterocycles. The second-order valence-corrected chi connectivity index (χ2v) is 4.82. The van der Waals surface area contributed by atoms with Crippen molar-refractivity contribution in [1.82, 2.24) is 15.1 Å². The highest BCUT2D eigenvalue weighted by molar-refractivity contribution is 5.32. The zero-order chi connectivity index (χ0) is 15.2. The van der Waals surface area contributed by atoms with Gasteiger partial charge in [0, 0.05) is 31.8 Å². The van der Waals surface area contributed by atoms with Crippen molar-refractivity contribution in [2.45, 2.75) is 39.9 Å². The van der Waals surface area contributed by atoms with Gasteiger partial charge in [0.25, 0.3) is 5.69 Å². The molecule has 0 saturated heterocycles. The minimum Gasteiger partial charge on any atom is -0.307 e. The summed E-state index contributed by atoms with van der Waals surface area (Å²) < 4.78 is 2.00. The molecule has 6 nitrogen and oxygen atoms in total. The lowest BCUT2D eigenvalue weighted by atomic mass is 10.2. The third-order valence-electron chi connectivity index (χ3n) is 3.36. The molecule has 2 aromatic rings. The molecule has 0 aliphatic carbocycles. The Bertz CT molecular complexity index is 605. The zero-order valence-corrected chi connectivity index (χ0v) is 12.4. The summed E-state index contributed by atoms with van der Waals surface area (Å²) in [6, 6.07) is 8.73. The molecule has 0 saturated carbocycles. The van der Waals surface area contributed by atoms with Crippen LogP contribution >= 0.6 is 0 Å². The standard InChI is InChI=1S/C15H20N4O2/c1-3-13-9-15(18(4-2)17-13)11-16-10-12-5-7-14(8-6-12)19(20)21/h5-9,16H,3-4,10-11H2,1-2H3. The molecule has 21 heavy (non-hydrogen) atoms. The van der Waals surface area contributed by atoms with Crippen LogP contribution in [0.15, 0.2) is 30.3 Å². The van der Waals surface area contributed by atoms with E-state index in [1.54, 1.807) is 12.1 Å². The predicted octanol–water partition coefficient (Wildman–Crippen LogP) is 2.66. The predicted molar refractivity (Wildman–Crippen MR) is 80.9 cm³/mol. The van der Waals surface area contributed by atoms with Gasteiger partial charge in [-0.3, -0.25) is 14.8 Å². The van der Waals surface area contributed by atoms with E-state index in [-0.39, 0.29) is 10.6 Å². The third kappa shape index (κ3) is 3.88. The highest BCUT2D eigenvalue weighted by Gasteiger charge is 2.06. The maximum Gasteiger partial charge on any atom is 0.269 e. The molecule has 1 N–H and O–H groups in total. The van der Waals surface area contributed by atoms with E-state index < -0.39 is 0 Å². The second-order valence-electron chi connectivity index (χ2n) is 4.82. The molecule has 0 unspecified atom stereocenters. The van der Waals surface area contributed by atoms with Gasteiger partial charge in [-0.1, -0.05) is 19.1 Å². The molecule has 0 spiro atoms. The highest BCUT2D eigenvalue weighted by Crippen LogP contribution is 2.12. The number of nitrogens with zero attached hydrogens (tertiary/aromatic N) is 3. The van der Waals surface area contributed by atoms with Crippen LogP contribution in [0.25, 0.3) is 0 Å². The number of rotatable bonds is 7. The Hall–Kier alpha value is -2.21. The third-order valence-corrected chi connectivity index (χ3v) is 3.36. The minimum absolute atomic E-state index is 0.121. The van der Waals surface area contributed by atoms with Crippen molar-refractivity contribution < 1.29 is 4.92 Å². The molecule has 0 atom stereocenters. The number of hydrogen-bond acceptors (Lipinski definition) is 4. The van der Waals surface area contributed by atoms with E-state index >= 15 is 0 Å². The van der Waals surface area contributed by atoms with Gasteiger partial charge in [-0.15, -0.1) is 0 Å². The number of aromatic nitrogens is 2. The summed E-state index contributed by atoms with van der Waals surface area (Å²) in [6.45, 7) is 6.43. The molecule has 0 bridgehead atoms. The van der Waals surface area contributed by atoms with E-state index in [1.807, 2.05) is 4.68 Å². The molecular formula is C15H20N4O2. The minimum atomic E-state index is -0.386. The van der Waals surface area contributed by atoms with Gasteiger partial charge in [0.1, 0.15) is 0 Å². The van der Waals surface area contributed by atoms with Crippen molar-refractivity contribution in [2.24, 2.45) is 0 Å². The zero-order valence-electron chi connectivity index (χ0n) is 12.4. The van der Waals surface area contributed by atoms with Crippen LogP contribution in [0.1, 0.15) is 30.8 Å². The Morgan fingerprint density at radius 1 is 1.24 bits per heavy atom. The summed E-state index contributed by atoms with van der Waals surface area (Å²) >= 11 is 0. The largest absolute Gasteiger partial charge is 0.307 e. The molecule has 0 aliphatic heterocycles. The van der Waals surface area contributed by atoms with Crippen LogP contribution in [0.4, 0.5) is 5.69 Å². The molecule has 2 rings (SSSR count). The smallest absolute Gasteiger partial charge is 0.269 e. The first-order valence-electron chi connectivity index (χ1n) is 7.13. The quantitative estimate of drug-likeness (QED) is 0.628. The van der Waals surface area contributed by atoms with Gasteiger partial charge in [-0.2, -0.15) is 5.10 Å². The van der Waals surface area contributed by atoms with Crippen molar-refractivity contribution in [3.63, 3.8) is 0 Å². The van der Waals surface area contributed by atoms with Crippen molar-refractivity contribution in [3.05, 3.63) is 57.4 Å². The average molecular weight is 288 g/mol.